The zero-order valence-corrected chi connectivity index (χ0v) is 14.9. The minimum Gasteiger partial charge on any atom is -0.450 e. The molecule has 0 unspecified atom stereocenters. The van der Waals surface area contributed by atoms with E-state index in [-0.39, 0.29) is 11.7 Å². The lowest BCUT2D eigenvalue weighted by Crippen LogP contribution is -2.21. The predicted octanol–water partition coefficient (Wildman–Crippen LogP) is 4.18. The van der Waals surface area contributed by atoms with Crippen LogP contribution in [0.15, 0.2) is 65.0 Å². The quantitative estimate of drug-likeness (QED) is 0.630. The third-order valence-corrected chi connectivity index (χ3v) is 3.60. The number of aryl methyl sites for hydroxylation is 1. The molecule has 0 radical (unpaired) electrons. The van der Waals surface area contributed by atoms with Crippen molar-refractivity contribution in [3.05, 3.63) is 70.5 Å². The largest absolute Gasteiger partial charge is 0.450 e. The summed E-state index contributed by atoms with van der Waals surface area (Å²) in [5, 5.41) is 2.86. The summed E-state index contributed by atoms with van der Waals surface area (Å²) in [5.41, 5.74) is 1.81. The molecule has 5 heteroatoms. The summed E-state index contributed by atoms with van der Waals surface area (Å²) in [5.74, 6) is 0.513. The van der Waals surface area contributed by atoms with E-state index >= 15 is 0 Å². The number of hydrogen-bond donors (Lipinski definition) is 1. The number of rotatable bonds is 5. The van der Waals surface area contributed by atoms with Crippen LogP contribution in [0.2, 0.25) is 0 Å². The van der Waals surface area contributed by atoms with Gasteiger partial charge in [0.1, 0.15) is 5.75 Å². The van der Waals surface area contributed by atoms with E-state index in [9.17, 15) is 4.79 Å². The van der Waals surface area contributed by atoms with Crippen LogP contribution in [0.4, 0.5) is 5.69 Å². The summed E-state index contributed by atoms with van der Waals surface area (Å²) < 4.78 is 6.54. The van der Waals surface area contributed by atoms with E-state index in [0.29, 0.717) is 11.4 Å². The SMILES string of the molecule is Cc1ccc(NC(=O)/C(=C/N(C)C)Oc2ccccc2)c(Br)c1. The van der Waals surface area contributed by atoms with Gasteiger partial charge in [-0.05, 0) is 52.7 Å². The van der Waals surface area contributed by atoms with E-state index in [1.807, 2.05) is 57.4 Å². The Kier molecular flexibility index (Phi) is 5.82. The zero-order valence-electron chi connectivity index (χ0n) is 13.3. The predicted molar refractivity (Wildman–Crippen MR) is 96.3 cm³/mol. The second-order valence-electron chi connectivity index (χ2n) is 5.31. The van der Waals surface area contributed by atoms with E-state index in [4.69, 9.17) is 4.74 Å². The Balaban J connectivity index is 2.20. The fourth-order valence-electron chi connectivity index (χ4n) is 1.89. The molecule has 2 aromatic carbocycles. The van der Waals surface area contributed by atoms with E-state index in [1.54, 1.807) is 23.2 Å². The Morgan fingerprint density at radius 1 is 1.17 bits per heavy atom. The standard InChI is InChI=1S/C18H19BrN2O2/c1-13-9-10-16(15(19)11-13)20-18(22)17(12-21(2)3)23-14-7-5-4-6-8-14/h4-12H,1-3H3,(H,20,22)/b17-12-. The topological polar surface area (TPSA) is 41.6 Å². The lowest BCUT2D eigenvalue weighted by molar-refractivity contribution is -0.114. The number of halogens is 1. The van der Waals surface area contributed by atoms with Crippen LogP contribution >= 0.6 is 15.9 Å². The molecule has 0 saturated heterocycles. The fraction of sp³-hybridized carbons (Fsp3) is 0.167. The molecule has 0 aromatic heterocycles. The van der Waals surface area contributed by atoms with Crippen molar-refractivity contribution in [2.24, 2.45) is 0 Å². The Morgan fingerprint density at radius 2 is 1.87 bits per heavy atom. The molecule has 0 aliphatic rings. The number of nitrogens with zero attached hydrogens (tertiary/aromatic N) is 1. The number of benzene rings is 2. The number of ether oxygens (including phenoxy) is 1. The molecule has 0 heterocycles. The summed E-state index contributed by atoms with van der Waals surface area (Å²) in [6.07, 6.45) is 1.64. The number of hydrogen-bond acceptors (Lipinski definition) is 3. The molecule has 23 heavy (non-hydrogen) atoms. The Labute approximate surface area is 144 Å². The average Bonchev–Trinajstić information content (AvgIpc) is 2.50. The summed E-state index contributed by atoms with van der Waals surface area (Å²) in [4.78, 5) is 14.3. The van der Waals surface area contributed by atoms with Crippen molar-refractivity contribution in [2.45, 2.75) is 6.92 Å². The van der Waals surface area contributed by atoms with Gasteiger partial charge in [-0.25, -0.2) is 0 Å². The lowest BCUT2D eigenvalue weighted by Gasteiger charge is -2.14. The third kappa shape index (κ3) is 5.14. The van der Waals surface area contributed by atoms with Crippen molar-refractivity contribution in [3.63, 3.8) is 0 Å². The molecular formula is C18H19BrN2O2. The molecule has 0 bridgehead atoms. The number of para-hydroxylation sites is 1. The van der Waals surface area contributed by atoms with Crippen molar-refractivity contribution in [3.8, 4) is 5.75 Å². The first-order chi connectivity index (χ1) is 11.0. The lowest BCUT2D eigenvalue weighted by atomic mass is 10.2. The van der Waals surface area contributed by atoms with Gasteiger partial charge in [0.2, 0.25) is 5.76 Å². The Bertz CT molecular complexity index is 712. The smallest absolute Gasteiger partial charge is 0.292 e. The van der Waals surface area contributed by atoms with Gasteiger partial charge in [0.15, 0.2) is 0 Å². The van der Waals surface area contributed by atoms with Crippen molar-refractivity contribution >= 4 is 27.5 Å². The second-order valence-corrected chi connectivity index (χ2v) is 6.16. The fourth-order valence-corrected chi connectivity index (χ4v) is 2.48. The molecule has 4 nitrogen and oxygen atoms in total. The van der Waals surface area contributed by atoms with Crippen molar-refractivity contribution < 1.29 is 9.53 Å². The molecule has 0 saturated carbocycles. The first kappa shape index (κ1) is 17.1. The van der Waals surface area contributed by atoms with Crippen LogP contribution in [0.1, 0.15) is 5.56 Å². The van der Waals surface area contributed by atoms with Gasteiger partial charge in [-0.2, -0.15) is 0 Å². The minimum atomic E-state index is -0.313. The highest BCUT2D eigenvalue weighted by Crippen LogP contribution is 2.24. The molecule has 120 valence electrons. The van der Waals surface area contributed by atoms with E-state index in [1.165, 1.54) is 0 Å². The van der Waals surface area contributed by atoms with Crippen molar-refractivity contribution in [2.75, 3.05) is 19.4 Å². The maximum atomic E-state index is 12.5. The third-order valence-electron chi connectivity index (χ3n) is 2.94. The maximum absolute atomic E-state index is 12.5. The minimum absolute atomic E-state index is 0.216. The van der Waals surface area contributed by atoms with Gasteiger partial charge in [0, 0.05) is 24.8 Å². The van der Waals surface area contributed by atoms with Gasteiger partial charge < -0.3 is 15.0 Å². The Hall–Kier alpha value is -2.27. The molecule has 1 N–H and O–H groups in total. The van der Waals surface area contributed by atoms with E-state index < -0.39 is 0 Å². The molecule has 0 spiro atoms. The number of carbonyl (C=O) groups is 1. The van der Waals surface area contributed by atoms with Gasteiger partial charge >= 0.3 is 0 Å². The molecule has 0 fully saturated rings. The number of carbonyl (C=O) groups excluding carboxylic acids is 1. The summed E-state index contributed by atoms with van der Waals surface area (Å²) in [7, 11) is 3.67. The molecular weight excluding hydrogens is 356 g/mol. The normalized spacial score (nSPS) is 11.0. The highest BCUT2D eigenvalue weighted by Gasteiger charge is 2.14. The summed E-state index contributed by atoms with van der Waals surface area (Å²) in [6.45, 7) is 1.99. The van der Waals surface area contributed by atoms with Gasteiger partial charge in [0.05, 0.1) is 5.69 Å². The van der Waals surface area contributed by atoms with Crippen LogP contribution in [0, 0.1) is 6.92 Å². The molecule has 2 aromatic rings. The highest BCUT2D eigenvalue weighted by molar-refractivity contribution is 9.10. The van der Waals surface area contributed by atoms with Gasteiger partial charge in [-0.3, -0.25) is 4.79 Å². The Morgan fingerprint density at radius 3 is 2.48 bits per heavy atom. The monoisotopic (exact) mass is 374 g/mol. The molecule has 0 aliphatic heterocycles. The average molecular weight is 375 g/mol. The van der Waals surface area contributed by atoms with E-state index in [0.717, 1.165) is 10.0 Å². The van der Waals surface area contributed by atoms with Crippen LogP contribution in [0.3, 0.4) is 0 Å². The van der Waals surface area contributed by atoms with Crippen LogP contribution in [-0.2, 0) is 4.79 Å². The number of anilines is 1. The van der Waals surface area contributed by atoms with Crippen LogP contribution in [-0.4, -0.2) is 24.9 Å². The molecule has 1 amide bonds. The summed E-state index contributed by atoms with van der Waals surface area (Å²) in [6, 6.07) is 15.0. The van der Waals surface area contributed by atoms with Crippen LogP contribution < -0.4 is 10.1 Å². The number of nitrogens with one attached hydrogen (secondary N) is 1. The van der Waals surface area contributed by atoms with Crippen LogP contribution in [0.5, 0.6) is 5.75 Å². The van der Waals surface area contributed by atoms with E-state index in [2.05, 4.69) is 21.2 Å². The maximum Gasteiger partial charge on any atom is 0.292 e. The van der Waals surface area contributed by atoms with Crippen molar-refractivity contribution in [1.29, 1.82) is 0 Å². The zero-order chi connectivity index (χ0) is 16.8. The van der Waals surface area contributed by atoms with Gasteiger partial charge in [0.25, 0.3) is 5.91 Å². The molecule has 2 rings (SSSR count). The highest BCUT2D eigenvalue weighted by atomic mass is 79.9. The first-order valence-corrected chi connectivity index (χ1v) is 7.93. The first-order valence-electron chi connectivity index (χ1n) is 7.14. The second kappa shape index (κ2) is 7.83. The molecule has 0 atom stereocenters. The number of amides is 1. The summed E-state index contributed by atoms with van der Waals surface area (Å²) >= 11 is 3.46. The molecule has 0 aliphatic carbocycles. The van der Waals surface area contributed by atoms with Crippen molar-refractivity contribution in [1.82, 2.24) is 4.90 Å². The van der Waals surface area contributed by atoms with Gasteiger partial charge in [-0.15, -0.1) is 0 Å². The van der Waals surface area contributed by atoms with Crippen LogP contribution in [0.25, 0.3) is 0 Å². The van der Waals surface area contributed by atoms with Gasteiger partial charge in [-0.1, -0.05) is 24.3 Å².